The molecule has 0 bridgehead atoms. The molecule has 0 spiro atoms. The van der Waals surface area contributed by atoms with Crippen LogP contribution < -0.4 is 0 Å². The minimum Gasteiger partial charge on any atom is -0.333 e. The number of nitrogens with one attached hydrogen (secondary N) is 1. The van der Waals surface area contributed by atoms with Gasteiger partial charge in [0.2, 0.25) is 0 Å². The Balaban J connectivity index is 1.76. The highest BCUT2D eigenvalue weighted by atomic mass is 32.2. The lowest BCUT2D eigenvalue weighted by Gasteiger charge is -2.13. The van der Waals surface area contributed by atoms with Crippen molar-refractivity contribution in [1.82, 2.24) is 9.97 Å². The average molecular weight is 273 g/mol. The first-order chi connectivity index (χ1) is 9.11. The first-order valence-electron chi connectivity index (χ1n) is 6.59. The molecule has 0 aliphatic rings. The van der Waals surface area contributed by atoms with Gasteiger partial charge < -0.3 is 4.98 Å². The number of aromatic amines is 1. The fraction of sp³-hybridized carbons (Fsp3) is 0.467. The summed E-state index contributed by atoms with van der Waals surface area (Å²) in [7, 11) is 0. The zero-order valence-corrected chi connectivity index (χ0v) is 12.3. The molecule has 0 aliphatic carbocycles. The van der Waals surface area contributed by atoms with Crippen molar-refractivity contribution < 1.29 is 0 Å². The fourth-order valence-corrected chi connectivity index (χ4v) is 2.78. The minimum absolute atomic E-state index is 0.190. The predicted molar refractivity (Wildman–Crippen MR) is 80.1 cm³/mol. The molecule has 0 aliphatic heterocycles. The number of nitrogens with zero attached hydrogens (tertiary/aromatic N) is 2. The van der Waals surface area contributed by atoms with Crippen molar-refractivity contribution in [3.05, 3.63) is 24.3 Å². The predicted octanol–water partition coefficient (Wildman–Crippen LogP) is 4.38. The second-order valence-corrected chi connectivity index (χ2v) is 6.44. The molecule has 1 heterocycles. The molecule has 0 saturated carbocycles. The summed E-state index contributed by atoms with van der Waals surface area (Å²) in [5.74, 6) is 1.04. The molecule has 4 heteroatoms. The molecular formula is C15H19N3S. The Morgan fingerprint density at radius 2 is 2.11 bits per heavy atom. The highest BCUT2D eigenvalue weighted by Crippen LogP contribution is 2.24. The zero-order chi connectivity index (χ0) is 13.7. The highest BCUT2D eigenvalue weighted by molar-refractivity contribution is 7.99. The van der Waals surface area contributed by atoms with Gasteiger partial charge in [0.1, 0.15) is 0 Å². The van der Waals surface area contributed by atoms with Gasteiger partial charge in [0, 0.05) is 5.75 Å². The number of benzene rings is 1. The molecule has 1 aromatic heterocycles. The van der Waals surface area contributed by atoms with Crippen molar-refractivity contribution in [3.63, 3.8) is 0 Å². The van der Waals surface area contributed by atoms with Gasteiger partial charge >= 0.3 is 0 Å². The normalized spacial score (nSPS) is 11.6. The van der Waals surface area contributed by atoms with Gasteiger partial charge in [0.25, 0.3) is 0 Å². The SMILES string of the molecule is CC(C)(C#N)CCCCSc1nc2ccccc2[nH]1. The third-order valence-electron chi connectivity index (χ3n) is 3.11. The van der Waals surface area contributed by atoms with E-state index in [-0.39, 0.29) is 5.41 Å². The molecule has 0 saturated heterocycles. The maximum atomic E-state index is 8.94. The van der Waals surface area contributed by atoms with Crippen LogP contribution >= 0.6 is 11.8 Å². The third-order valence-corrected chi connectivity index (χ3v) is 4.06. The molecule has 0 atom stereocenters. The Morgan fingerprint density at radius 1 is 1.32 bits per heavy atom. The van der Waals surface area contributed by atoms with E-state index in [1.54, 1.807) is 11.8 Å². The van der Waals surface area contributed by atoms with E-state index < -0.39 is 0 Å². The van der Waals surface area contributed by atoms with E-state index in [9.17, 15) is 0 Å². The zero-order valence-electron chi connectivity index (χ0n) is 11.4. The van der Waals surface area contributed by atoms with Crippen LogP contribution in [0.25, 0.3) is 11.0 Å². The summed E-state index contributed by atoms with van der Waals surface area (Å²) in [6.45, 7) is 4.00. The van der Waals surface area contributed by atoms with Crippen LogP contribution in [0.4, 0.5) is 0 Å². The molecule has 0 fully saturated rings. The first-order valence-corrected chi connectivity index (χ1v) is 7.58. The lowest BCUT2D eigenvalue weighted by atomic mass is 9.89. The molecule has 1 aromatic carbocycles. The highest BCUT2D eigenvalue weighted by Gasteiger charge is 2.15. The van der Waals surface area contributed by atoms with Crippen molar-refractivity contribution in [2.24, 2.45) is 5.41 Å². The second kappa shape index (κ2) is 6.12. The van der Waals surface area contributed by atoms with E-state index in [1.165, 1.54) is 0 Å². The molecule has 2 aromatic rings. The summed E-state index contributed by atoms with van der Waals surface area (Å²) in [4.78, 5) is 7.84. The van der Waals surface area contributed by atoms with Crippen LogP contribution in [-0.2, 0) is 0 Å². The van der Waals surface area contributed by atoms with Gasteiger partial charge in [0.15, 0.2) is 5.16 Å². The number of unbranched alkanes of at least 4 members (excludes halogenated alkanes) is 1. The Kier molecular flexibility index (Phi) is 4.49. The van der Waals surface area contributed by atoms with Gasteiger partial charge in [-0.15, -0.1) is 0 Å². The topological polar surface area (TPSA) is 52.5 Å². The summed E-state index contributed by atoms with van der Waals surface area (Å²) < 4.78 is 0. The van der Waals surface area contributed by atoms with Crippen LogP contribution in [-0.4, -0.2) is 15.7 Å². The lowest BCUT2D eigenvalue weighted by Crippen LogP contribution is -2.07. The van der Waals surface area contributed by atoms with E-state index in [1.807, 2.05) is 38.1 Å². The molecule has 3 nitrogen and oxygen atoms in total. The van der Waals surface area contributed by atoms with E-state index in [4.69, 9.17) is 5.26 Å². The molecule has 1 N–H and O–H groups in total. The van der Waals surface area contributed by atoms with Gasteiger partial charge in [0.05, 0.1) is 22.5 Å². The Labute approximate surface area is 118 Å². The number of thioether (sulfide) groups is 1. The minimum atomic E-state index is -0.190. The summed E-state index contributed by atoms with van der Waals surface area (Å²) in [6, 6.07) is 10.4. The van der Waals surface area contributed by atoms with Crippen LogP contribution in [0.2, 0.25) is 0 Å². The summed E-state index contributed by atoms with van der Waals surface area (Å²) in [6.07, 6.45) is 3.17. The van der Waals surface area contributed by atoms with Crippen molar-refractivity contribution in [1.29, 1.82) is 5.26 Å². The van der Waals surface area contributed by atoms with E-state index in [0.29, 0.717) is 0 Å². The van der Waals surface area contributed by atoms with Crippen LogP contribution in [0.15, 0.2) is 29.4 Å². The second-order valence-electron chi connectivity index (χ2n) is 5.36. The molecule has 19 heavy (non-hydrogen) atoms. The number of fused-ring (bicyclic) bond motifs is 1. The lowest BCUT2D eigenvalue weighted by molar-refractivity contribution is 0.433. The number of aromatic nitrogens is 2. The number of hydrogen-bond donors (Lipinski definition) is 1. The van der Waals surface area contributed by atoms with Crippen LogP contribution in [0, 0.1) is 16.7 Å². The molecule has 2 rings (SSSR count). The maximum absolute atomic E-state index is 8.94. The van der Waals surface area contributed by atoms with Crippen molar-refractivity contribution in [2.75, 3.05) is 5.75 Å². The molecule has 0 radical (unpaired) electrons. The smallest absolute Gasteiger partial charge is 0.166 e. The van der Waals surface area contributed by atoms with E-state index in [2.05, 4.69) is 16.0 Å². The number of rotatable bonds is 6. The number of para-hydroxylation sites is 2. The van der Waals surface area contributed by atoms with Crippen LogP contribution in [0.5, 0.6) is 0 Å². The molecule has 0 unspecified atom stereocenters. The average Bonchev–Trinajstić information content (AvgIpc) is 2.81. The summed E-state index contributed by atoms with van der Waals surface area (Å²) in [5.41, 5.74) is 1.93. The fourth-order valence-electron chi connectivity index (χ4n) is 1.89. The van der Waals surface area contributed by atoms with Gasteiger partial charge in [-0.05, 0) is 38.8 Å². The maximum Gasteiger partial charge on any atom is 0.166 e. The number of imidazole rings is 1. The summed E-state index contributed by atoms with van der Waals surface area (Å²) >= 11 is 1.75. The number of hydrogen-bond acceptors (Lipinski definition) is 3. The van der Waals surface area contributed by atoms with E-state index in [0.717, 1.165) is 41.2 Å². The quantitative estimate of drug-likeness (QED) is 0.628. The molecule has 0 amide bonds. The standard InChI is InChI=1S/C15H19N3S/c1-15(2,11-16)9-5-6-10-19-14-17-12-7-3-4-8-13(12)18-14/h3-4,7-8H,5-6,9-10H2,1-2H3,(H,17,18). The summed E-state index contributed by atoms with van der Waals surface area (Å²) in [5, 5.41) is 9.93. The largest absolute Gasteiger partial charge is 0.333 e. The van der Waals surface area contributed by atoms with Gasteiger partial charge in [-0.1, -0.05) is 30.3 Å². The number of H-pyrrole nitrogens is 1. The molecular weight excluding hydrogens is 254 g/mol. The third kappa shape index (κ3) is 4.00. The van der Waals surface area contributed by atoms with Crippen molar-refractivity contribution in [2.45, 2.75) is 38.3 Å². The molecule has 100 valence electrons. The Hall–Kier alpha value is -1.47. The van der Waals surface area contributed by atoms with Crippen LogP contribution in [0.3, 0.4) is 0 Å². The first kappa shape index (κ1) is 14.0. The Morgan fingerprint density at radius 3 is 2.84 bits per heavy atom. The van der Waals surface area contributed by atoms with Crippen molar-refractivity contribution >= 4 is 22.8 Å². The van der Waals surface area contributed by atoms with Crippen LogP contribution in [0.1, 0.15) is 33.1 Å². The Bertz CT molecular complexity index is 547. The number of nitriles is 1. The van der Waals surface area contributed by atoms with Gasteiger partial charge in [-0.25, -0.2) is 4.98 Å². The van der Waals surface area contributed by atoms with E-state index >= 15 is 0 Å². The van der Waals surface area contributed by atoms with Gasteiger partial charge in [-0.2, -0.15) is 5.26 Å². The van der Waals surface area contributed by atoms with Gasteiger partial charge in [-0.3, -0.25) is 0 Å². The monoisotopic (exact) mass is 273 g/mol. The van der Waals surface area contributed by atoms with Crippen molar-refractivity contribution in [3.8, 4) is 6.07 Å².